The molecule has 1 N–H and O–H groups in total. The van der Waals surface area contributed by atoms with Crippen LogP contribution in [0.4, 0.5) is 0 Å². The van der Waals surface area contributed by atoms with Crippen LogP contribution in [-0.2, 0) is 7.05 Å². The fourth-order valence-corrected chi connectivity index (χ4v) is 1.68. The Kier molecular flexibility index (Phi) is 1.80. The van der Waals surface area contributed by atoms with Gasteiger partial charge in [0, 0.05) is 19.4 Å². The molecule has 3 aromatic rings. The summed E-state index contributed by atoms with van der Waals surface area (Å²) in [6.45, 7) is 2.01. The molecule has 0 aliphatic heterocycles. The SMILES string of the molecule is Cc1cnc2nc(-c3cnn(C)c3)[nH]c2c1. The van der Waals surface area contributed by atoms with E-state index in [1.54, 1.807) is 10.9 Å². The van der Waals surface area contributed by atoms with Crippen molar-refractivity contribution in [3.63, 3.8) is 0 Å². The van der Waals surface area contributed by atoms with Crippen molar-refractivity contribution in [1.29, 1.82) is 0 Å². The number of H-pyrrole nitrogens is 1. The maximum Gasteiger partial charge on any atom is 0.178 e. The van der Waals surface area contributed by atoms with Crippen molar-refractivity contribution in [3.05, 3.63) is 30.2 Å². The maximum absolute atomic E-state index is 4.42. The van der Waals surface area contributed by atoms with Gasteiger partial charge < -0.3 is 4.98 Å². The van der Waals surface area contributed by atoms with Crippen molar-refractivity contribution in [3.8, 4) is 11.4 Å². The number of fused-ring (bicyclic) bond motifs is 1. The van der Waals surface area contributed by atoms with E-state index in [-0.39, 0.29) is 0 Å². The molecule has 0 amide bonds. The van der Waals surface area contributed by atoms with Gasteiger partial charge in [-0.1, -0.05) is 0 Å². The van der Waals surface area contributed by atoms with Crippen molar-refractivity contribution in [1.82, 2.24) is 24.7 Å². The molecule has 0 saturated carbocycles. The lowest BCUT2D eigenvalue weighted by Crippen LogP contribution is -1.84. The van der Waals surface area contributed by atoms with E-state index in [0.29, 0.717) is 0 Å². The molecule has 0 aliphatic carbocycles. The summed E-state index contributed by atoms with van der Waals surface area (Å²) in [5.74, 6) is 0.807. The van der Waals surface area contributed by atoms with Crippen LogP contribution >= 0.6 is 0 Å². The Hall–Kier alpha value is -2.17. The largest absolute Gasteiger partial charge is 0.336 e. The van der Waals surface area contributed by atoms with Gasteiger partial charge in [0.15, 0.2) is 5.65 Å². The molecular weight excluding hydrogens is 202 g/mol. The number of aromatic nitrogens is 5. The second kappa shape index (κ2) is 3.16. The number of nitrogens with zero attached hydrogens (tertiary/aromatic N) is 4. The molecule has 0 bridgehead atoms. The molecule has 80 valence electrons. The van der Waals surface area contributed by atoms with E-state index < -0.39 is 0 Å². The average molecular weight is 213 g/mol. The van der Waals surface area contributed by atoms with Crippen LogP contribution < -0.4 is 0 Å². The normalized spacial score (nSPS) is 11.1. The first-order valence-corrected chi connectivity index (χ1v) is 5.04. The van der Waals surface area contributed by atoms with Crippen LogP contribution in [0.15, 0.2) is 24.7 Å². The predicted molar refractivity (Wildman–Crippen MR) is 60.8 cm³/mol. The van der Waals surface area contributed by atoms with Crippen LogP contribution in [0, 0.1) is 6.92 Å². The molecular formula is C11H11N5. The summed E-state index contributed by atoms with van der Waals surface area (Å²) in [4.78, 5) is 11.9. The first-order valence-electron chi connectivity index (χ1n) is 5.04. The lowest BCUT2D eigenvalue weighted by atomic mass is 10.3. The molecule has 3 rings (SSSR count). The zero-order valence-corrected chi connectivity index (χ0v) is 9.10. The molecule has 0 aromatic carbocycles. The third kappa shape index (κ3) is 1.37. The fourth-order valence-electron chi connectivity index (χ4n) is 1.68. The minimum Gasteiger partial charge on any atom is -0.336 e. The lowest BCUT2D eigenvalue weighted by molar-refractivity contribution is 0.768. The van der Waals surface area contributed by atoms with Gasteiger partial charge in [-0.3, -0.25) is 4.68 Å². The molecule has 3 heterocycles. The number of hydrogen-bond donors (Lipinski definition) is 1. The number of imidazole rings is 1. The second-order valence-electron chi connectivity index (χ2n) is 3.87. The Bertz CT molecular complexity index is 649. The molecule has 0 aliphatic rings. The van der Waals surface area contributed by atoms with Crippen molar-refractivity contribution in [2.24, 2.45) is 7.05 Å². The smallest absolute Gasteiger partial charge is 0.178 e. The van der Waals surface area contributed by atoms with Crippen LogP contribution in [0.2, 0.25) is 0 Å². The molecule has 5 nitrogen and oxygen atoms in total. The van der Waals surface area contributed by atoms with Crippen molar-refractivity contribution < 1.29 is 0 Å². The zero-order chi connectivity index (χ0) is 11.1. The van der Waals surface area contributed by atoms with Crippen LogP contribution in [0.3, 0.4) is 0 Å². The molecule has 0 unspecified atom stereocenters. The highest BCUT2D eigenvalue weighted by atomic mass is 15.2. The average Bonchev–Trinajstić information content (AvgIpc) is 2.83. The molecule has 0 saturated heterocycles. The quantitative estimate of drug-likeness (QED) is 0.668. The van der Waals surface area contributed by atoms with Gasteiger partial charge in [0.2, 0.25) is 0 Å². The van der Waals surface area contributed by atoms with Gasteiger partial charge >= 0.3 is 0 Å². The number of pyridine rings is 1. The first kappa shape index (κ1) is 9.08. The van der Waals surface area contributed by atoms with E-state index in [1.165, 1.54) is 0 Å². The predicted octanol–water partition coefficient (Wildman–Crippen LogP) is 1.67. The van der Waals surface area contributed by atoms with Gasteiger partial charge in [0.05, 0.1) is 17.3 Å². The monoisotopic (exact) mass is 213 g/mol. The Morgan fingerprint density at radius 3 is 2.94 bits per heavy atom. The van der Waals surface area contributed by atoms with E-state index in [9.17, 15) is 0 Å². The molecule has 0 atom stereocenters. The second-order valence-corrected chi connectivity index (χ2v) is 3.87. The summed E-state index contributed by atoms with van der Waals surface area (Å²) in [6.07, 6.45) is 5.52. The zero-order valence-electron chi connectivity index (χ0n) is 9.10. The standard InChI is InChI=1S/C11H11N5/c1-7-3-9-11(12-4-7)15-10(14-9)8-5-13-16(2)6-8/h3-6H,1-2H3,(H,12,14,15). The highest BCUT2D eigenvalue weighted by molar-refractivity contribution is 5.75. The van der Waals surface area contributed by atoms with Gasteiger partial charge in [-0.15, -0.1) is 0 Å². The minimum absolute atomic E-state index is 0.740. The molecule has 3 aromatic heterocycles. The molecule has 0 radical (unpaired) electrons. The summed E-state index contributed by atoms with van der Waals surface area (Å²) >= 11 is 0. The molecule has 16 heavy (non-hydrogen) atoms. The van der Waals surface area contributed by atoms with E-state index in [4.69, 9.17) is 0 Å². The first-order chi connectivity index (χ1) is 7.72. The van der Waals surface area contributed by atoms with E-state index in [0.717, 1.165) is 28.1 Å². The number of nitrogens with one attached hydrogen (secondary N) is 1. The Labute approximate surface area is 92.2 Å². The number of aryl methyl sites for hydroxylation is 2. The van der Waals surface area contributed by atoms with Gasteiger partial charge in [0.25, 0.3) is 0 Å². The van der Waals surface area contributed by atoms with E-state index >= 15 is 0 Å². The maximum atomic E-state index is 4.42. The topological polar surface area (TPSA) is 59.4 Å². The lowest BCUT2D eigenvalue weighted by Gasteiger charge is -1.88. The molecule has 5 heteroatoms. The van der Waals surface area contributed by atoms with Crippen LogP contribution in [0.25, 0.3) is 22.6 Å². The summed E-state index contributed by atoms with van der Waals surface area (Å²) in [5.41, 5.74) is 3.79. The fraction of sp³-hybridized carbons (Fsp3) is 0.182. The number of rotatable bonds is 1. The highest BCUT2D eigenvalue weighted by Crippen LogP contribution is 2.18. The Morgan fingerprint density at radius 1 is 1.31 bits per heavy atom. The van der Waals surface area contributed by atoms with Crippen molar-refractivity contribution in [2.45, 2.75) is 6.92 Å². The third-order valence-corrected chi connectivity index (χ3v) is 2.45. The third-order valence-electron chi connectivity index (χ3n) is 2.45. The summed E-state index contributed by atoms with van der Waals surface area (Å²) in [7, 11) is 1.88. The van der Waals surface area contributed by atoms with Crippen LogP contribution in [-0.4, -0.2) is 24.7 Å². The number of aromatic amines is 1. The minimum atomic E-state index is 0.740. The van der Waals surface area contributed by atoms with Crippen molar-refractivity contribution in [2.75, 3.05) is 0 Å². The van der Waals surface area contributed by atoms with E-state index in [2.05, 4.69) is 20.1 Å². The Morgan fingerprint density at radius 2 is 2.19 bits per heavy atom. The summed E-state index contributed by atoms with van der Waals surface area (Å²) < 4.78 is 1.75. The van der Waals surface area contributed by atoms with Crippen LogP contribution in [0.5, 0.6) is 0 Å². The number of hydrogen-bond acceptors (Lipinski definition) is 3. The van der Waals surface area contributed by atoms with Gasteiger partial charge in [0.1, 0.15) is 5.82 Å². The van der Waals surface area contributed by atoms with Crippen molar-refractivity contribution >= 4 is 11.2 Å². The molecule has 0 spiro atoms. The Balaban J connectivity index is 2.18. The van der Waals surface area contributed by atoms with Gasteiger partial charge in [-0.25, -0.2) is 9.97 Å². The summed E-state index contributed by atoms with van der Waals surface area (Å²) in [5, 5.41) is 4.12. The van der Waals surface area contributed by atoms with Gasteiger partial charge in [-0.2, -0.15) is 5.10 Å². The van der Waals surface area contributed by atoms with E-state index in [1.807, 2.05) is 32.4 Å². The van der Waals surface area contributed by atoms with Gasteiger partial charge in [-0.05, 0) is 18.6 Å². The highest BCUT2D eigenvalue weighted by Gasteiger charge is 2.07. The summed E-state index contributed by atoms with van der Waals surface area (Å²) in [6, 6.07) is 2.04. The molecule has 0 fully saturated rings. The van der Waals surface area contributed by atoms with Crippen LogP contribution in [0.1, 0.15) is 5.56 Å².